The summed E-state index contributed by atoms with van der Waals surface area (Å²) in [5.41, 5.74) is 2.12. The van der Waals surface area contributed by atoms with Crippen LogP contribution in [0.4, 0.5) is 11.4 Å². The van der Waals surface area contributed by atoms with Gasteiger partial charge in [-0.15, -0.1) is 0 Å². The van der Waals surface area contributed by atoms with Crippen molar-refractivity contribution in [1.29, 1.82) is 0 Å². The zero-order chi connectivity index (χ0) is 17.5. The number of carboxylic acid groups (broad SMARTS) is 1. The van der Waals surface area contributed by atoms with Gasteiger partial charge in [0.2, 0.25) is 0 Å². The molecule has 2 rings (SSSR count). The van der Waals surface area contributed by atoms with Crippen LogP contribution in [0.5, 0.6) is 0 Å². The molecule has 0 saturated heterocycles. The molecule has 1 aromatic carbocycles. The average molecular weight is 330 g/mol. The number of hydrogen-bond acceptors (Lipinski definition) is 4. The van der Waals surface area contributed by atoms with Crippen molar-refractivity contribution in [2.45, 2.75) is 26.8 Å². The number of aromatic nitrogens is 2. The summed E-state index contributed by atoms with van der Waals surface area (Å²) in [5, 5.41) is 15.5. The number of carbonyl (C=O) groups is 2. The molecule has 128 valence electrons. The highest BCUT2D eigenvalue weighted by atomic mass is 16.4. The summed E-state index contributed by atoms with van der Waals surface area (Å²) in [6.07, 6.45) is 1.40. The number of carbonyl (C=O) groups excluding carboxylic acids is 1. The number of nitrogens with one attached hydrogen (secondary N) is 1. The monoisotopic (exact) mass is 330 g/mol. The van der Waals surface area contributed by atoms with Crippen LogP contribution in [0.3, 0.4) is 0 Å². The quantitative estimate of drug-likeness (QED) is 0.776. The Balaban J connectivity index is 2.05. The van der Waals surface area contributed by atoms with E-state index in [4.69, 9.17) is 5.11 Å². The lowest BCUT2D eigenvalue weighted by Crippen LogP contribution is -2.22. The van der Waals surface area contributed by atoms with Crippen LogP contribution in [-0.2, 0) is 11.3 Å². The molecule has 0 radical (unpaired) electrons. The second-order valence-electron chi connectivity index (χ2n) is 5.26. The van der Waals surface area contributed by atoms with Crippen molar-refractivity contribution in [3.63, 3.8) is 0 Å². The fourth-order valence-electron chi connectivity index (χ4n) is 2.44. The van der Waals surface area contributed by atoms with E-state index in [9.17, 15) is 9.59 Å². The highest BCUT2D eigenvalue weighted by Crippen LogP contribution is 2.18. The van der Waals surface area contributed by atoms with Crippen molar-refractivity contribution in [1.82, 2.24) is 9.78 Å². The van der Waals surface area contributed by atoms with Gasteiger partial charge in [-0.25, -0.2) is 0 Å². The zero-order valence-corrected chi connectivity index (χ0v) is 13.9. The molecule has 0 unspecified atom stereocenters. The molecule has 24 heavy (non-hydrogen) atoms. The number of aryl methyl sites for hydroxylation is 1. The zero-order valence-electron chi connectivity index (χ0n) is 13.9. The summed E-state index contributed by atoms with van der Waals surface area (Å²) in [6.45, 7) is 6.19. The van der Waals surface area contributed by atoms with E-state index in [1.807, 2.05) is 24.3 Å². The Morgan fingerprint density at radius 3 is 2.42 bits per heavy atom. The number of hydrogen-bond donors (Lipinski definition) is 2. The molecule has 0 bridgehead atoms. The van der Waals surface area contributed by atoms with E-state index in [-0.39, 0.29) is 18.9 Å². The van der Waals surface area contributed by atoms with Crippen molar-refractivity contribution in [2.24, 2.45) is 0 Å². The van der Waals surface area contributed by atoms with E-state index >= 15 is 0 Å². The normalized spacial score (nSPS) is 10.4. The van der Waals surface area contributed by atoms with Gasteiger partial charge in [0.1, 0.15) is 5.69 Å². The van der Waals surface area contributed by atoms with Gasteiger partial charge in [0, 0.05) is 30.7 Å². The van der Waals surface area contributed by atoms with Gasteiger partial charge in [-0.1, -0.05) is 0 Å². The van der Waals surface area contributed by atoms with E-state index in [1.165, 1.54) is 10.9 Å². The fraction of sp³-hybridized carbons (Fsp3) is 0.353. The van der Waals surface area contributed by atoms with Gasteiger partial charge < -0.3 is 15.3 Å². The smallest absolute Gasteiger partial charge is 0.305 e. The van der Waals surface area contributed by atoms with Crippen LogP contribution < -0.4 is 10.2 Å². The summed E-state index contributed by atoms with van der Waals surface area (Å²) >= 11 is 0. The number of nitrogens with zero attached hydrogens (tertiary/aromatic N) is 3. The summed E-state index contributed by atoms with van der Waals surface area (Å²) in [6, 6.07) is 9.20. The highest BCUT2D eigenvalue weighted by Gasteiger charge is 2.13. The van der Waals surface area contributed by atoms with Gasteiger partial charge in [-0.05, 0) is 44.2 Å². The molecule has 2 N–H and O–H groups in total. The van der Waals surface area contributed by atoms with E-state index in [0.29, 0.717) is 11.4 Å². The first-order valence-corrected chi connectivity index (χ1v) is 7.95. The first-order chi connectivity index (χ1) is 11.5. The standard InChI is InChI=1S/C17H22N4O3/c1-3-20(4-2)14-7-5-13(6-8-14)19-17(24)15-9-11-18-21(15)12-10-16(22)23/h5-9,11H,3-4,10,12H2,1-2H3,(H,19,24)(H,22,23). The van der Waals surface area contributed by atoms with Gasteiger partial charge in [-0.2, -0.15) is 5.10 Å². The number of rotatable bonds is 8. The van der Waals surface area contributed by atoms with Crippen LogP contribution in [0.25, 0.3) is 0 Å². The second-order valence-corrected chi connectivity index (χ2v) is 5.26. The molecular weight excluding hydrogens is 308 g/mol. The minimum Gasteiger partial charge on any atom is -0.481 e. The van der Waals surface area contributed by atoms with E-state index < -0.39 is 5.97 Å². The highest BCUT2D eigenvalue weighted by molar-refractivity contribution is 6.03. The molecule has 7 heteroatoms. The first-order valence-electron chi connectivity index (χ1n) is 7.95. The third kappa shape index (κ3) is 4.34. The Kier molecular flexibility index (Phi) is 5.95. The summed E-state index contributed by atoms with van der Waals surface area (Å²) in [4.78, 5) is 25.2. The Morgan fingerprint density at radius 1 is 1.17 bits per heavy atom. The van der Waals surface area contributed by atoms with Crippen molar-refractivity contribution in [3.05, 3.63) is 42.2 Å². The lowest BCUT2D eigenvalue weighted by atomic mass is 10.2. The minimum absolute atomic E-state index is 0.0828. The predicted octanol–water partition coefficient (Wildman–Crippen LogP) is 2.46. The maximum atomic E-state index is 12.3. The Morgan fingerprint density at radius 2 is 1.83 bits per heavy atom. The van der Waals surface area contributed by atoms with Crippen LogP contribution in [-0.4, -0.2) is 39.9 Å². The molecule has 1 aromatic heterocycles. The predicted molar refractivity (Wildman–Crippen MR) is 92.4 cm³/mol. The minimum atomic E-state index is -0.927. The van der Waals surface area contributed by atoms with Crippen LogP contribution in [0, 0.1) is 0 Å². The number of aliphatic carboxylic acids is 1. The topological polar surface area (TPSA) is 87.5 Å². The van der Waals surface area contributed by atoms with Gasteiger partial charge in [0.15, 0.2) is 0 Å². The molecule has 0 aliphatic carbocycles. The maximum absolute atomic E-state index is 12.3. The van der Waals surface area contributed by atoms with Gasteiger partial charge >= 0.3 is 5.97 Å². The Labute approximate surface area is 140 Å². The molecule has 0 aliphatic heterocycles. The molecule has 0 spiro atoms. The summed E-state index contributed by atoms with van der Waals surface area (Å²) in [5.74, 6) is -1.24. The van der Waals surface area contributed by atoms with E-state index in [1.54, 1.807) is 6.07 Å². The number of carboxylic acids is 1. The van der Waals surface area contributed by atoms with Crippen molar-refractivity contribution in [2.75, 3.05) is 23.3 Å². The largest absolute Gasteiger partial charge is 0.481 e. The summed E-state index contributed by atoms with van der Waals surface area (Å²) in [7, 11) is 0. The molecule has 0 fully saturated rings. The van der Waals surface area contributed by atoms with Gasteiger partial charge in [-0.3, -0.25) is 14.3 Å². The van der Waals surface area contributed by atoms with Gasteiger partial charge in [0.05, 0.1) is 13.0 Å². The van der Waals surface area contributed by atoms with Gasteiger partial charge in [0.25, 0.3) is 5.91 Å². The molecule has 1 heterocycles. The molecular formula is C17H22N4O3. The van der Waals surface area contributed by atoms with E-state index in [2.05, 4.69) is 29.2 Å². The fourth-order valence-corrected chi connectivity index (χ4v) is 2.44. The third-order valence-corrected chi connectivity index (χ3v) is 3.74. The van der Waals surface area contributed by atoms with Crippen molar-refractivity contribution in [3.8, 4) is 0 Å². The van der Waals surface area contributed by atoms with E-state index in [0.717, 1.165) is 18.8 Å². The molecule has 0 aliphatic rings. The number of benzene rings is 1. The lowest BCUT2D eigenvalue weighted by Gasteiger charge is -2.21. The molecule has 1 amide bonds. The first kappa shape index (κ1) is 17.5. The Hall–Kier alpha value is -2.83. The molecule has 0 atom stereocenters. The number of amides is 1. The number of anilines is 2. The third-order valence-electron chi connectivity index (χ3n) is 3.74. The van der Waals surface area contributed by atoms with Crippen molar-refractivity contribution >= 4 is 23.3 Å². The van der Waals surface area contributed by atoms with Crippen LogP contribution in [0.2, 0.25) is 0 Å². The molecule has 2 aromatic rings. The SMILES string of the molecule is CCN(CC)c1ccc(NC(=O)c2ccnn2CCC(=O)O)cc1. The maximum Gasteiger partial charge on any atom is 0.305 e. The molecule has 7 nitrogen and oxygen atoms in total. The summed E-state index contributed by atoms with van der Waals surface area (Å²) < 4.78 is 1.40. The van der Waals surface area contributed by atoms with Crippen molar-refractivity contribution < 1.29 is 14.7 Å². The molecule has 0 saturated carbocycles. The average Bonchev–Trinajstić information content (AvgIpc) is 3.04. The second kappa shape index (κ2) is 8.14. The lowest BCUT2D eigenvalue weighted by molar-refractivity contribution is -0.137. The van der Waals surface area contributed by atoms with Crippen LogP contribution in [0.15, 0.2) is 36.5 Å². The van der Waals surface area contributed by atoms with Crippen LogP contribution in [0.1, 0.15) is 30.8 Å². The van der Waals surface area contributed by atoms with Crippen LogP contribution >= 0.6 is 0 Å². The Bertz CT molecular complexity index is 690.